The smallest absolute Gasteiger partial charge is 0.143 e. The first-order valence-electron chi connectivity index (χ1n) is 19.1. The number of hydrogen-bond donors (Lipinski definition) is 1. The number of benzene rings is 9. The maximum absolute atomic E-state index is 6.69. The summed E-state index contributed by atoms with van der Waals surface area (Å²) in [6, 6.07) is 73.2. The third-order valence-corrected chi connectivity index (χ3v) is 10.9. The van der Waals surface area contributed by atoms with E-state index in [0.717, 1.165) is 27.9 Å². The number of anilines is 1. The summed E-state index contributed by atoms with van der Waals surface area (Å²) in [7, 11) is 0. The van der Waals surface area contributed by atoms with Crippen LogP contribution in [0.2, 0.25) is 0 Å². The zero-order chi connectivity index (χ0) is 37.4. The van der Waals surface area contributed by atoms with E-state index in [9.17, 15) is 0 Å². The van der Waals surface area contributed by atoms with Gasteiger partial charge in [0.15, 0.2) is 0 Å². The summed E-state index contributed by atoms with van der Waals surface area (Å²) < 4.78 is 8.69. The van der Waals surface area contributed by atoms with E-state index in [0.29, 0.717) is 18.0 Å². The monoisotopic (exact) mass is 718 g/mol. The molecular weight excluding hydrogens is 681 g/mol. The standard InChI is InChI=1S/C53H38N2O/c54-53-45(41-29-28-37-12-1-2-13-40(37)34-41)20-11-23-52(53)56-35-36-24-26-38(27-25-36)43-14-3-5-16-46(43)47-17-6-4-15-44(47)39-30-32-42(33-31-39)55-50-21-9-7-18-48(50)49-19-8-10-22-51(49)55/h1-34H,35,54H2. The van der Waals surface area contributed by atoms with Gasteiger partial charge >= 0.3 is 0 Å². The number of nitrogens with zero attached hydrogens (tertiary/aromatic N) is 1. The molecule has 3 nitrogen and oxygen atoms in total. The Morgan fingerprint density at radius 3 is 1.54 bits per heavy atom. The molecule has 0 unspecified atom stereocenters. The van der Waals surface area contributed by atoms with Gasteiger partial charge in [-0.1, -0.05) is 170 Å². The van der Waals surface area contributed by atoms with Gasteiger partial charge in [0.05, 0.1) is 16.7 Å². The Kier molecular flexibility index (Phi) is 8.38. The molecule has 9 aromatic carbocycles. The van der Waals surface area contributed by atoms with Crippen LogP contribution in [0.4, 0.5) is 5.69 Å². The molecule has 2 N–H and O–H groups in total. The summed E-state index contributed by atoms with van der Waals surface area (Å²) in [5.74, 6) is 0.685. The average molecular weight is 719 g/mol. The molecule has 0 amide bonds. The van der Waals surface area contributed by atoms with E-state index in [1.54, 1.807) is 0 Å². The predicted molar refractivity (Wildman–Crippen MR) is 235 cm³/mol. The normalized spacial score (nSPS) is 11.4. The number of rotatable bonds is 8. The largest absolute Gasteiger partial charge is 0.487 e. The Hall–Kier alpha value is -7.36. The minimum absolute atomic E-state index is 0.417. The van der Waals surface area contributed by atoms with Gasteiger partial charge in [0.25, 0.3) is 0 Å². The van der Waals surface area contributed by atoms with Crippen molar-refractivity contribution in [3.8, 4) is 55.9 Å². The lowest BCUT2D eigenvalue weighted by molar-refractivity contribution is 0.308. The van der Waals surface area contributed by atoms with Gasteiger partial charge in [-0.25, -0.2) is 0 Å². The first kappa shape index (κ1) is 33.2. The van der Waals surface area contributed by atoms with Gasteiger partial charge in [-0.15, -0.1) is 0 Å². The van der Waals surface area contributed by atoms with E-state index in [2.05, 4.69) is 199 Å². The molecule has 56 heavy (non-hydrogen) atoms. The number of fused-ring (bicyclic) bond motifs is 4. The lowest BCUT2D eigenvalue weighted by Gasteiger charge is -2.16. The molecule has 0 saturated heterocycles. The van der Waals surface area contributed by atoms with Gasteiger partial charge in [-0.2, -0.15) is 0 Å². The Bertz CT molecular complexity index is 2980. The molecule has 0 spiro atoms. The molecule has 10 rings (SSSR count). The van der Waals surface area contributed by atoms with E-state index in [4.69, 9.17) is 10.5 Å². The van der Waals surface area contributed by atoms with Crippen molar-refractivity contribution in [3.63, 3.8) is 0 Å². The zero-order valence-corrected chi connectivity index (χ0v) is 30.8. The fourth-order valence-electron chi connectivity index (χ4n) is 8.15. The second-order valence-corrected chi connectivity index (χ2v) is 14.3. The molecule has 0 bridgehead atoms. The van der Waals surface area contributed by atoms with Crippen LogP contribution in [0, 0.1) is 0 Å². The molecule has 0 fully saturated rings. The first-order chi connectivity index (χ1) is 27.7. The summed E-state index contributed by atoms with van der Waals surface area (Å²) in [4.78, 5) is 0. The Balaban J connectivity index is 0.913. The molecule has 266 valence electrons. The molecule has 3 heteroatoms. The Labute approximate surface area is 326 Å². The van der Waals surface area contributed by atoms with Crippen LogP contribution in [-0.4, -0.2) is 4.57 Å². The van der Waals surface area contributed by atoms with Crippen LogP contribution in [0.3, 0.4) is 0 Å². The molecule has 0 radical (unpaired) electrons. The summed E-state index contributed by atoms with van der Waals surface area (Å²) in [5.41, 5.74) is 21.1. The average Bonchev–Trinajstić information content (AvgIpc) is 3.60. The van der Waals surface area contributed by atoms with Crippen molar-refractivity contribution in [1.29, 1.82) is 0 Å². The second kappa shape index (κ2) is 14.1. The van der Waals surface area contributed by atoms with Crippen LogP contribution >= 0.6 is 0 Å². The molecule has 0 atom stereocenters. The second-order valence-electron chi connectivity index (χ2n) is 14.3. The van der Waals surface area contributed by atoms with Crippen molar-refractivity contribution in [2.45, 2.75) is 6.61 Å². The van der Waals surface area contributed by atoms with Crippen LogP contribution in [-0.2, 0) is 6.61 Å². The summed E-state index contributed by atoms with van der Waals surface area (Å²) in [6.07, 6.45) is 0. The number of para-hydroxylation sites is 3. The van der Waals surface area contributed by atoms with E-state index in [-0.39, 0.29) is 0 Å². The van der Waals surface area contributed by atoms with E-state index in [1.165, 1.54) is 60.4 Å². The predicted octanol–water partition coefficient (Wildman–Crippen LogP) is 13.8. The molecule has 0 aliphatic rings. The third-order valence-electron chi connectivity index (χ3n) is 10.9. The van der Waals surface area contributed by atoms with Crippen LogP contribution in [0.25, 0.3) is 82.8 Å². The Morgan fingerprint density at radius 1 is 0.393 bits per heavy atom. The maximum Gasteiger partial charge on any atom is 0.143 e. The van der Waals surface area contributed by atoms with Crippen molar-refractivity contribution in [3.05, 3.63) is 212 Å². The van der Waals surface area contributed by atoms with Gasteiger partial charge in [0.1, 0.15) is 12.4 Å². The van der Waals surface area contributed by atoms with Crippen molar-refractivity contribution in [2.75, 3.05) is 5.73 Å². The lowest BCUT2D eigenvalue weighted by atomic mass is 9.89. The summed E-state index contributed by atoms with van der Waals surface area (Å²) in [6.45, 7) is 0.417. The minimum atomic E-state index is 0.417. The topological polar surface area (TPSA) is 40.2 Å². The number of nitrogen functional groups attached to an aromatic ring is 1. The quantitative estimate of drug-likeness (QED) is 0.159. The Morgan fingerprint density at radius 2 is 0.893 bits per heavy atom. The molecule has 10 aromatic rings. The molecule has 1 heterocycles. The van der Waals surface area contributed by atoms with Crippen LogP contribution < -0.4 is 10.5 Å². The molecule has 0 aliphatic carbocycles. The molecule has 0 saturated carbocycles. The van der Waals surface area contributed by atoms with E-state index >= 15 is 0 Å². The van der Waals surface area contributed by atoms with Crippen molar-refractivity contribution in [1.82, 2.24) is 4.57 Å². The minimum Gasteiger partial charge on any atom is -0.487 e. The SMILES string of the molecule is Nc1c(OCc2ccc(-c3ccccc3-c3ccccc3-c3ccc(-n4c5ccccc5c5ccccc54)cc3)cc2)cccc1-c1ccc2ccccc2c1. The van der Waals surface area contributed by atoms with Crippen LogP contribution in [0.5, 0.6) is 5.75 Å². The highest BCUT2D eigenvalue weighted by atomic mass is 16.5. The highest BCUT2D eigenvalue weighted by Gasteiger charge is 2.15. The third kappa shape index (κ3) is 5.96. The van der Waals surface area contributed by atoms with Crippen molar-refractivity contribution >= 4 is 38.3 Å². The van der Waals surface area contributed by atoms with E-state index < -0.39 is 0 Å². The maximum atomic E-state index is 6.69. The highest BCUT2D eigenvalue weighted by molar-refractivity contribution is 6.09. The van der Waals surface area contributed by atoms with Crippen molar-refractivity contribution < 1.29 is 4.74 Å². The number of ether oxygens (including phenoxy) is 1. The van der Waals surface area contributed by atoms with Gasteiger partial charge < -0.3 is 15.0 Å². The first-order valence-corrected chi connectivity index (χ1v) is 19.1. The van der Waals surface area contributed by atoms with E-state index in [1.807, 2.05) is 12.1 Å². The lowest BCUT2D eigenvalue weighted by Crippen LogP contribution is -2.00. The summed E-state index contributed by atoms with van der Waals surface area (Å²) in [5, 5.41) is 4.93. The fraction of sp³-hybridized carbons (Fsp3) is 0.0189. The van der Waals surface area contributed by atoms with Gasteiger partial charge in [-0.05, 0) is 91.7 Å². The zero-order valence-electron chi connectivity index (χ0n) is 30.8. The number of hydrogen-bond acceptors (Lipinski definition) is 2. The van der Waals surface area contributed by atoms with Crippen LogP contribution in [0.1, 0.15) is 5.56 Å². The molecular formula is C53H38N2O. The molecule has 0 aliphatic heterocycles. The van der Waals surface area contributed by atoms with Gasteiger partial charge in [0, 0.05) is 22.0 Å². The molecule has 1 aromatic heterocycles. The number of aromatic nitrogens is 1. The number of nitrogens with two attached hydrogens (primary N) is 1. The fourth-order valence-corrected chi connectivity index (χ4v) is 8.15. The highest BCUT2D eigenvalue weighted by Crippen LogP contribution is 2.40. The van der Waals surface area contributed by atoms with Gasteiger partial charge in [0.2, 0.25) is 0 Å². The summed E-state index contributed by atoms with van der Waals surface area (Å²) >= 11 is 0. The van der Waals surface area contributed by atoms with Crippen molar-refractivity contribution in [2.24, 2.45) is 0 Å². The van der Waals surface area contributed by atoms with Gasteiger partial charge in [-0.3, -0.25) is 0 Å². The van der Waals surface area contributed by atoms with Crippen LogP contribution in [0.15, 0.2) is 206 Å².